The quantitative estimate of drug-likeness (QED) is 0.381. The molecule has 0 fully saturated rings. The number of carboxylic acid groups (broad SMARTS) is 1. The van der Waals surface area contributed by atoms with Gasteiger partial charge in [0.1, 0.15) is 12.9 Å². The number of nitrogens with one attached hydrogen (secondary N) is 2. The third-order valence-electron chi connectivity index (χ3n) is 4.67. The number of aromatic carboxylic acids is 1. The van der Waals surface area contributed by atoms with Gasteiger partial charge in [-0.2, -0.15) is 5.10 Å². The fraction of sp³-hybridized carbons (Fsp3) is 0.136. The highest BCUT2D eigenvalue weighted by atomic mass is 35.5. The number of hydrogen-bond acceptors (Lipinski definition) is 6. The van der Waals surface area contributed by atoms with Gasteiger partial charge in [-0.15, -0.1) is 0 Å². The van der Waals surface area contributed by atoms with E-state index in [4.69, 9.17) is 16.3 Å². The Kier molecular flexibility index (Phi) is 6.01. The van der Waals surface area contributed by atoms with Crippen molar-refractivity contribution in [2.24, 2.45) is 0 Å². The van der Waals surface area contributed by atoms with E-state index in [1.54, 1.807) is 19.2 Å². The van der Waals surface area contributed by atoms with E-state index in [-0.39, 0.29) is 18.1 Å². The van der Waals surface area contributed by atoms with Crippen molar-refractivity contribution in [1.29, 1.82) is 0 Å². The molecule has 0 aliphatic rings. The van der Waals surface area contributed by atoms with E-state index >= 15 is 0 Å². The van der Waals surface area contributed by atoms with Crippen LogP contribution >= 0.6 is 11.6 Å². The number of carboxylic acids is 1. The topological polar surface area (TPSA) is 101 Å². The number of fused-ring (bicyclic) bond motifs is 1. The lowest BCUT2D eigenvalue weighted by Crippen LogP contribution is -2.18. The molecule has 0 aliphatic carbocycles. The Morgan fingerprint density at radius 1 is 1.16 bits per heavy atom. The fourth-order valence-corrected chi connectivity index (χ4v) is 3.42. The van der Waals surface area contributed by atoms with Gasteiger partial charge in [0.25, 0.3) is 0 Å². The number of carbonyl (C=O) groups is 1. The van der Waals surface area contributed by atoms with Crippen LogP contribution in [0.3, 0.4) is 0 Å². The van der Waals surface area contributed by atoms with Crippen LogP contribution in [0, 0.1) is 0 Å². The zero-order valence-electron chi connectivity index (χ0n) is 16.7. The second kappa shape index (κ2) is 9.03. The van der Waals surface area contributed by atoms with Gasteiger partial charge in [-0.05, 0) is 36.9 Å². The second-order valence-electron chi connectivity index (χ2n) is 6.77. The van der Waals surface area contributed by atoms with Crippen LogP contribution < -0.4 is 15.4 Å². The van der Waals surface area contributed by atoms with Gasteiger partial charge in [-0.1, -0.05) is 41.9 Å². The van der Waals surface area contributed by atoms with Gasteiger partial charge in [0.15, 0.2) is 17.1 Å². The average molecular weight is 438 g/mol. The molecule has 0 bridgehead atoms. The Labute approximate surface area is 183 Å². The minimum atomic E-state index is -1.16. The Morgan fingerprint density at radius 3 is 2.58 bits per heavy atom. The van der Waals surface area contributed by atoms with Gasteiger partial charge >= 0.3 is 5.97 Å². The summed E-state index contributed by atoms with van der Waals surface area (Å²) in [5, 5.41) is 21.1. The molecule has 0 amide bonds. The molecule has 31 heavy (non-hydrogen) atoms. The molecule has 158 valence electrons. The molecule has 0 saturated carbocycles. The highest BCUT2D eigenvalue weighted by Gasteiger charge is 2.26. The highest BCUT2D eigenvalue weighted by molar-refractivity contribution is 6.30. The first-order valence-corrected chi connectivity index (χ1v) is 9.92. The number of aromatic nitrogens is 3. The lowest BCUT2D eigenvalue weighted by Gasteiger charge is -2.20. The van der Waals surface area contributed by atoms with E-state index in [1.807, 2.05) is 42.5 Å². The van der Waals surface area contributed by atoms with E-state index in [0.29, 0.717) is 28.5 Å². The van der Waals surface area contributed by atoms with Crippen molar-refractivity contribution in [3.8, 4) is 5.75 Å². The molecule has 4 rings (SSSR count). The summed E-state index contributed by atoms with van der Waals surface area (Å²) in [6.45, 7) is 0.558. The van der Waals surface area contributed by atoms with E-state index in [9.17, 15) is 9.90 Å². The molecule has 4 aromatic rings. The van der Waals surface area contributed by atoms with E-state index in [2.05, 4.69) is 20.7 Å². The Morgan fingerprint density at radius 2 is 1.90 bits per heavy atom. The molecule has 3 N–H and O–H groups in total. The lowest BCUT2D eigenvalue weighted by molar-refractivity contribution is 0.0681. The van der Waals surface area contributed by atoms with Crippen LogP contribution in [0.1, 0.15) is 21.6 Å². The van der Waals surface area contributed by atoms with E-state index < -0.39 is 5.97 Å². The molecule has 2 heterocycles. The second-order valence-corrected chi connectivity index (χ2v) is 7.20. The Hall–Kier alpha value is -3.62. The van der Waals surface area contributed by atoms with Crippen LogP contribution in [0.5, 0.6) is 5.75 Å². The summed E-state index contributed by atoms with van der Waals surface area (Å²) in [6.07, 6.45) is 1.32. The molecule has 0 radical (unpaired) electrons. The number of rotatable bonds is 8. The van der Waals surface area contributed by atoms with Gasteiger partial charge in [0, 0.05) is 22.8 Å². The molecule has 0 atom stereocenters. The molecule has 2 aromatic heterocycles. The summed E-state index contributed by atoms with van der Waals surface area (Å²) in [5.41, 5.74) is 3.21. The smallest absolute Gasteiger partial charge is 0.358 e. The zero-order chi connectivity index (χ0) is 21.8. The summed E-state index contributed by atoms with van der Waals surface area (Å²) in [7, 11) is 1.78. The lowest BCUT2D eigenvalue weighted by atomic mass is 10.1. The van der Waals surface area contributed by atoms with Crippen LogP contribution in [-0.2, 0) is 13.2 Å². The van der Waals surface area contributed by atoms with Gasteiger partial charge in [0.05, 0.1) is 5.69 Å². The Balaban J connectivity index is 1.87. The van der Waals surface area contributed by atoms with Crippen molar-refractivity contribution in [3.63, 3.8) is 0 Å². The number of benzene rings is 2. The van der Waals surface area contributed by atoms with Crippen molar-refractivity contribution >= 4 is 34.6 Å². The molecule has 0 spiro atoms. The fourth-order valence-electron chi connectivity index (χ4n) is 3.29. The third kappa shape index (κ3) is 4.30. The maximum Gasteiger partial charge on any atom is 0.358 e. The molecule has 0 aliphatic heterocycles. The Bertz CT molecular complexity index is 1210. The van der Waals surface area contributed by atoms with Crippen LogP contribution in [0.15, 0.2) is 60.9 Å². The summed E-state index contributed by atoms with van der Waals surface area (Å²) < 4.78 is 7.35. The van der Waals surface area contributed by atoms with Crippen molar-refractivity contribution in [2.45, 2.75) is 13.2 Å². The first-order chi connectivity index (χ1) is 15.1. The van der Waals surface area contributed by atoms with Crippen molar-refractivity contribution in [3.05, 3.63) is 82.8 Å². The van der Waals surface area contributed by atoms with Crippen molar-refractivity contribution < 1.29 is 14.6 Å². The monoisotopic (exact) mass is 437 g/mol. The predicted octanol–water partition coefficient (Wildman–Crippen LogP) is 4.12. The predicted molar refractivity (Wildman–Crippen MR) is 118 cm³/mol. The summed E-state index contributed by atoms with van der Waals surface area (Å²) in [4.78, 5) is 16.5. The summed E-state index contributed by atoms with van der Waals surface area (Å²) in [6, 6.07) is 16.7. The number of ether oxygens (including phenoxy) is 1. The number of pyridine rings is 1. The molecule has 0 unspecified atom stereocenters. The average Bonchev–Trinajstić information content (AvgIpc) is 3.25. The molecule has 2 aromatic carbocycles. The van der Waals surface area contributed by atoms with Crippen LogP contribution in [0.25, 0.3) is 5.65 Å². The maximum absolute atomic E-state index is 12.2. The number of hydrogen-bond donors (Lipinski definition) is 3. The van der Waals surface area contributed by atoms with E-state index in [1.165, 1.54) is 10.8 Å². The highest BCUT2D eigenvalue weighted by Crippen LogP contribution is 2.36. The molecular formula is C22H20ClN5O3. The SMILES string of the molecule is CNCc1c(OCc2ccccc2)c(C(=O)O)n2ncnc2c1Nc1ccc(Cl)cc1. The van der Waals surface area contributed by atoms with Crippen LogP contribution in [0.4, 0.5) is 11.4 Å². The van der Waals surface area contributed by atoms with Crippen LogP contribution in [-0.4, -0.2) is 32.7 Å². The van der Waals surface area contributed by atoms with Gasteiger partial charge < -0.3 is 20.5 Å². The number of nitrogens with zero attached hydrogens (tertiary/aromatic N) is 3. The summed E-state index contributed by atoms with van der Waals surface area (Å²) in [5.74, 6) is -0.936. The minimum absolute atomic E-state index is 0.0877. The molecule has 0 saturated heterocycles. The number of halogens is 1. The van der Waals surface area contributed by atoms with Gasteiger partial charge in [-0.3, -0.25) is 0 Å². The molecule has 8 nitrogen and oxygen atoms in total. The molecule has 9 heteroatoms. The number of anilines is 2. The maximum atomic E-state index is 12.2. The summed E-state index contributed by atoms with van der Waals surface area (Å²) >= 11 is 6.00. The van der Waals surface area contributed by atoms with Gasteiger partial charge in [-0.25, -0.2) is 14.3 Å². The standard InChI is InChI=1S/C22H20ClN5O3/c1-24-11-17-18(27-16-9-7-15(23)8-10-16)21-25-13-26-28(21)19(22(29)30)20(17)31-12-14-5-3-2-4-6-14/h2-10,13,24,27H,11-12H2,1H3,(H,29,30). The normalized spacial score (nSPS) is 10.9. The largest absolute Gasteiger partial charge is 0.486 e. The zero-order valence-corrected chi connectivity index (χ0v) is 17.4. The van der Waals surface area contributed by atoms with Crippen LogP contribution in [0.2, 0.25) is 5.02 Å². The first kappa shape index (κ1) is 20.6. The van der Waals surface area contributed by atoms with Gasteiger partial charge in [0.2, 0.25) is 0 Å². The van der Waals surface area contributed by atoms with Crippen molar-refractivity contribution in [1.82, 2.24) is 19.9 Å². The third-order valence-corrected chi connectivity index (χ3v) is 4.92. The minimum Gasteiger partial charge on any atom is -0.486 e. The molecular weight excluding hydrogens is 418 g/mol. The van der Waals surface area contributed by atoms with E-state index in [0.717, 1.165) is 11.3 Å². The van der Waals surface area contributed by atoms with Crippen molar-refractivity contribution in [2.75, 3.05) is 12.4 Å². The first-order valence-electron chi connectivity index (χ1n) is 9.54.